The Kier molecular flexibility index (Phi) is 5.10. The fraction of sp³-hybridized carbons (Fsp3) is 0.400. The Bertz CT molecular complexity index is 738. The number of methoxy groups -OCH3 is 1. The summed E-state index contributed by atoms with van der Waals surface area (Å²) in [7, 11) is 1.32. The molecular weight excluding hydrogens is 388 g/mol. The van der Waals surface area contributed by atoms with Crippen LogP contribution in [0, 0.1) is 0 Å². The van der Waals surface area contributed by atoms with Crippen LogP contribution in [0.4, 0.5) is 0 Å². The minimum absolute atomic E-state index is 0.00514. The molecule has 25 heavy (non-hydrogen) atoms. The zero-order valence-corrected chi connectivity index (χ0v) is 15.5. The highest BCUT2D eigenvalue weighted by Crippen LogP contribution is 2.46. The number of amides is 2. The van der Waals surface area contributed by atoms with Gasteiger partial charge in [0.05, 0.1) is 6.42 Å². The van der Waals surface area contributed by atoms with Crippen LogP contribution >= 0.6 is 34.7 Å². The average Bonchev–Trinajstić information content (AvgIpc) is 3.10. The quantitative estimate of drug-likeness (QED) is 0.422. The van der Waals surface area contributed by atoms with E-state index in [1.54, 1.807) is 5.41 Å². The van der Waals surface area contributed by atoms with Crippen LogP contribution in [-0.4, -0.2) is 57.9 Å². The Balaban J connectivity index is 1.81. The van der Waals surface area contributed by atoms with Crippen molar-refractivity contribution in [3.8, 4) is 0 Å². The Labute approximate surface area is 157 Å². The molecule has 1 aromatic heterocycles. The minimum Gasteiger partial charge on any atom is -0.479 e. The van der Waals surface area contributed by atoms with Gasteiger partial charge in [-0.05, 0) is 22.4 Å². The van der Waals surface area contributed by atoms with E-state index in [0.717, 1.165) is 4.88 Å². The van der Waals surface area contributed by atoms with E-state index in [1.165, 1.54) is 35.1 Å². The minimum atomic E-state index is -1.57. The number of carboxylic acid groups (broad SMARTS) is 1. The van der Waals surface area contributed by atoms with Crippen LogP contribution in [0.1, 0.15) is 4.88 Å². The zero-order chi connectivity index (χ0) is 18.2. The molecule has 3 atom stereocenters. The van der Waals surface area contributed by atoms with Gasteiger partial charge in [0.15, 0.2) is 6.04 Å². The molecule has 0 radical (unpaired) electrons. The molecule has 0 aromatic carbocycles. The molecule has 0 spiro atoms. The number of carbonyl (C=O) groups is 3. The van der Waals surface area contributed by atoms with Gasteiger partial charge >= 0.3 is 5.97 Å². The van der Waals surface area contributed by atoms with Crippen molar-refractivity contribution < 1.29 is 24.2 Å². The van der Waals surface area contributed by atoms with E-state index >= 15 is 0 Å². The predicted octanol–water partition coefficient (Wildman–Crippen LogP) is 1.24. The number of nitrogens with zero attached hydrogens (tertiary/aromatic N) is 1. The highest BCUT2D eigenvalue weighted by molar-refractivity contribution is 8.03. The average molecular weight is 403 g/mol. The van der Waals surface area contributed by atoms with Crippen molar-refractivity contribution in [1.29, 1.82) is 0 Å². The van der Waals surface area contributed by atoms with Gasteiger partial charge in [0.25, 0.3) is 11.6 Å². The Morgan fingerprint density at radius 3 is 2.84 bits per heavy atom. The van der Waals surface area contributed by atoms with Crippen molar-refractivity contribution in [2.75, 3.05) is 13.0 Å². The second kappa shape index (κ2) is 6.99. The zero-order valence-electron chi connectivity index (χ0n) is 13.1. The van der Waals surface area contributed by atoms with Crippen molar-refractivity contribution in [2.45, 2.75) is 23.6 Å². The van der Waals surface area contributed by atoms with Crippen molar-refractivity contribution in [3.05, 3.63) is 33.4 Å². The highest BCUT2D eigenvalue weighted by atomic mass is 35.5. The number of carboxylic acids is 1. The van der Waals surface area contributed by atoms with Gasteiger partial charge in [0.2, 0.25) is 5.91 Å². The summed E-state index contributed by atoms with van der Waals surface area (Å²) in [6.45, 7) is 0. The molecule has 10 heteroatoms. The van der Waals surface area contributed by atoms with E-state index in [0.29, 0.717) is 5.57 Å². The molecule has 1 saturated heterocycles. The first-order valence-electron chi connectivity index (χ1n) is 7.29. The largest absolute Gasteiger partial charge is 0.479 e. The number of halogens is 1. The third-order valence-corrected chi connectivity index (χ3v) is 6.52. The van der Waals surface area contributed by atoms with Crippen molar-refractivity contribution in [3.63, 3.8) is 0 Å². The number of ether oxygens (including phenoxy) is 1. The molecule has 134 valence electrons. The van der Waals surface area contributed by atoms with Gasteiger partial charge in [-0.2, -0.15) is 0 Å². The molecule has 3 heterocycles. The van der Waals surface area contributed by atoms with Crippen LogP contribution in [-0.2, 0) is 25.5 Å². The normalized spacial score (nSPS) is 28.0. The molecule has 7 nitrogen and oxygen atoms in total. The predicted molar refractivity (Wildman–Crippen MR) is 94.4 cm³/mol. The Morgan fingerprint density at radius 2 is 2.28 bits per heavy atom. The van der Waals surface area contributed by atoms with Gasteiger partial charge in [0.1, 0.15) is 5.37 Å². The highest BCUT2D eigenvalue weighted by Gasteiger charge is 2.67. The molecule has 2 unspecified atom stereocenters. The van der Waals surface area contributed by atoms with Crippen LogP contribution in [0.5, 0.6) is 0 Å². The number of hydrogen-bond acceptors (Lipinski definition) is 6. The van der Waals surface area contributed by atoms with Crippen LogP contribution in [0.2, 0.25) is 0 Å². The van der Waals surface area contributed by atoms with E-state index in [-0.39, 0.29) is 18.2 Å². The molecule has 1 aromatic rings. The maximum absolute atomic E-state index is 12.7. The molecule has 1 fully saturated rings. The van der Waals surface area contributed by atoms with Crippen LogP contribution in [0.15, 0.2) is 28.5 Å². The number of thiophene rings is 1. The first-order chi connectivity index (χ1) is 11.9. The summed E-state index contributed by atoms with van der Waals surface area (Å²) in [5.74, 6) is -2.11. The lowest BCUT2D eigenvalue weighted by molar-refractivity contribution is -0.201. The first kappa shape index (κ1) is 18.2. The van der Waals surface area contributed by atoms with Gasteiger partial charge in [-0.1, -0.05) is 6.07 Å². The summed E-state index contributed by atoms with van der Waals surface area (Å²) in [5, 5.41) is 14.9. The van der Waals surface area contributed by atoms with Gasteiger partial charge in [0, 0.05) is 17.9 Å². The third kappa shape index (κ3) is 2.95. The van der Waals surface area contributed by atoms with E-state index in [4.69, 9.17) is 16.3 Å². The molecule has 2 amide bonds. The summed E-state index contributed by atoms with van der Waals surface area (Å²) in [6.07, 6.45) is 0.124. The molecule has 0 bridgehead atoms. The summed E-state index contributed by atoms with van der Waals surface area (Å²) >= 11 is 8.44. The SMILES string of the molecule is COC1(NC(=O)Cc2cccs2)C(=O)N2C(C(=O)O)C(CCl)=CS[C@@H]21. The second-order valence-electron chi connectivity index (χ2n) is 5.51. The number of thioether (sulfide) groups is 1. The van der Waals surface area contributed by atoms with Crippen LogP contribution in [0.3, 0.4) is 0 Å². The van der Waals surface area contributed by atoms with E-state index < -0.39 is 29.0 Å². The van der Waals surface area contributed by atoms with E-state index in [2.05, 4.69) is 5.32 Å². The van der Waals surface area contributed by atoms with Gasteiger partial charge in [-0.3, -0.25) is 9.59 Å². The third-order valence-electron chi connectivity index (χ3n) is 4.08. The fourth-order valence-corrected chi connectivity index (χ4v) is 5.23. The maximum Gasteiger partial charge on any atom is 0.330 e. The van der Waals surface area contributed by atoms with Crippen molar-refractivity contribution >= 4 is 52.5 Å². The summed E-state index contributed by atoms with van der Waals surface area (Å²) in [6, 6.07) is 2.51. The van der Waals surface area contributed by atoms with Crippen LogP contribution < -0.4 is 5.32 Å². The van der Waals surface area contributed by atoms with Crippen LogP contribution in [0.25, 0.3) is 0 Å². The molecule has 3 rings (SSSR count). The number of alkyl halides is 1. The molecule has 2 aliphatic heterocycles. The number of β-lactam (4-membered cyclic amide) rings is 1. The lowest BCUT2D eigenvalue weighted by Crippen LogP contribution is -2.83. The standard InChI is InChI=1S/C15H15ClN2O5S2/c1-23-15(17-10(19)5-9-3-2-4-24-9)13(22)18-11(12(20)21)8(6-16)7-25-14(15)18/h2-4,7,11,14H,5-6H2,1H3,(H,17,19)(H,20,21)/t11?,14-,15?/m1/s1. The maximum atomic E-state index is 12.7. The lowest BCUT2D eigenvalue weighted by Gasteiger charge is -2.57. The number of aliphatic carboxylic acids is 1. The van der Waals surface area contributed by atoms with Gasteiger partial charge in [-0.25, -0.2) is 4.79 Å². The summed E-state index contributed by atoms with van der Waals surface area (Å²) in [4.78, 5) is 38.6. The van der Waals surface area contributed by atoms with E-state index in [9.17, 15) is 19.5 Å². The number of fused-ring (bicyclic) bond motifs is 1. The fourth-order valence-electron chi connectivity index (χ4n) is 2.90. The smallest absolute Gasteiger partial charge is 0.330 e. The van der Waals surface area contributed by atoms with Gasteiger partial charge < -0.3 is 20.1 Å². The molecule has 0 saturated carbocycles. The molecule has 2 aliphatic rings. The number of hydrogen-bond donors (Lipinski definition) is 2. The topological polar surface area (TPSA) is 95.9 Å². The number of rotatable bonds is 6. The molecule has 2 N–H and O–H groups in total. The first-order valence-corrected chi connectivity index (χ1v) is 9.64. The number of carbonyl (C=O) groups excluding carboxylic acids is 2. The lowest BCUT2D eigenvalue weighted by atomic mass is 9.95. The molecular formula is C15H15ClN2O5S2. The Morgan fingerprint density at radius 1 is 1.52 bits per heavy atom. The monoisotopic (exact) mass is 402 g/mol. The number of nitrogens with one attached hydrogen (secondary N) is 1. The van der Waals surface area contributed by atoms with Crippen molar-refractivity contribution in [2.24, 2.45) is 0 Å². The van der Waals surface area contributed by atoms with Crippen molar-refractivity contribution in [1.82, 2.24) is 10.2 Å². The second-order valence-corrected chi connectivity index (χ2v) is 7.77. The molecule has 0 aliphatic carbocycles. The Hall–Kier alpha value is -1.55. The summed E-state index contributed by atoms with van der Waals surface area (Å²) in [5.41, 5.74) is -1.14. The summed E-state index contributed by atoms with van der Waals surface area (Å²) < 4.78 is 5.35. The van der Waals surface area contributed by atoms with Gasteiger partial charge in [-0.15, -0.1) is 34.7 Å². The van der Waals surface area contributed by atoms with E-state index in [1.807, 2.05) is 17.5 Å².